The maximum atomic E-state index is 12.5. The molecule has 1 aromatic carbocycles. The van der Waals surface area contributed by atoms with Crippen LogP contribution in [0.4, 0.5) is 0 Å². The fourth-order valence-electron chi connectivity index (χ4n) is 3.15. The first-order chi connectivity index (χ1) is 11.0. The number of likely N-dealkylation sites (tertiary alicyclic amines) is 1. The van der Waals surface area contributed by atoms with Gasteiger partial charge in [0.25, 0.3) is 0 Å². The molecule has 1 saturated heterocycles. The number of amides is 1. The highest BCUT2D eigenvalue weighted by Gasteiger charge is 2.27. The number of hydrogen-bond acceptors (Lipinski definition) is 3. The summed E-state index contributed by atoms with van der Waals surface area (Å²) in [7, 11) is 0. The molecule has 4 heteroatoms. The molecule has 1 aliphatic heterocycles. The lowest BCUT2D eigenvalue weighted by Gasteiger charge is -2.35. The van der Waals surface area contributed by atoms with Gasteiger partial charge in [-0.25, -0.2) is 0 Å². The number of hydrogen-bond donors (Lipinski definition) is 2. The van der Waals surface area contributed by atoms with E-state index in [-0.39, 0.29) is 24.6 Å². The quantitative estimate of drug-likeness (QED) is 0.847. The Bertz CT molecular complexity index is 493. The molecule has 0 aliphatic carbocycles. The van der Waals surface area contributed by atoms with Gasteiger partial charge in [-0.2, -0.15) is 0 Å². The van der Waals surface area contributed by atoms with E-state index in [0.29, 0.717) is 5.92 Å². The average molecular weight is 318 g/mol. The lowest BCUT2D eigenvalue weighted by atomic mass is 9.96. The number of carbonyl (C=O) groups is 1. The lowest BCUT2D eigenvalue weighted by molar-refractivity contribution is -0.127. The van der Waals surface area contributed by atoms with E-state index < -0.39 is 0 Å². The van der Waals surface area contributed by atoms with Gasteiger partial charge in [0.1, 0.15) is 0 Å². The van der Waals surface area contributed by atoms with Crippen molar-refractivity contribution in [1.82, 2.24) is 10.2 Å². The number of aliphatic hydroxyl groups is 1. The van der Waals surface area contributed by atoms with Gasteiger partial charge in [-0.3, -0.25) is 9.69 Å². The average Bonchev–Trinajstić information content (AvgIpc) is 2.61. The Morgan fingerprint density at radius 2 is 1.87 bits per heavy atom. The van der Waals surface area contributed by atoms with Gasteiger partial charge in [0.15, 0.2) is 0 Å². The lowest BCUT2D eigenvalue weighted by Crippen LogP contribution is -2.49. The van der Waals surface area contributed by atoms with Crippen LogP contribution in [-0.4, -0.2) is 41.7 Å². The van der Waals surface area contributed by atoms with Crippen molar-refractivity contribution in [3.05, 3.63) is 35.4 Å². The number of rotatable bonds is 6. The third-order valence-electron chi connectivity index (χ3n) is 5.08. The largest absolute Gasteiger partial charge is 0.396 e. The number of aliphatic hydroxyl groups excluding tert-OH is 1. The topological polar surface area (TPSA) is 52.6 Å². The molecular weight excluding hydrogens is 288 g/mol. The van der Waals surface area contributed by atoms with Crippen molar-refractivity contribution < 1.29 is 9.90 Å². The summed E-state index contributed by atoms with van der Waals surface area (Å²) in [6, 6.07) is 8.35. The standard InChI is InChI=1S/C19H30N2O2/c1-4-16-5-7-18(8-6-16)14(2)20-19(23)15(3)21-11-9-17(13-22)10-12-21/h5-8,14-15,17,22H,4,9-13H2,1-3H3,(H,20,23). The molecule has 1 aromatic rings. The summed E-state index contributed by atoms with van der Waals surface area (Å²) in [5, 5.41) is 12.3. The zero-order valence-electron chi connectivity index (χ0n) is 14.6. The van der Waals surface area contributed by atoms with Crippen molar-refractivity contribution in [2.75, 3.05) is 19.7 Å². The summed E-state index contributed by atoms with van der Waals surface area (Å²) in [6.07, 6.45) is 2.98. The normalized spacial score (nSPS) is 19.3. The molecular formula is C19H30N2O2. The highest BCUT2D eigenvalue weighted by molar-refractivity contribution is 5.81. The van der Waals surface area contributed by atoms with Gasteiger partial charge < -0.3 is 10.4 Å². The van der Waals surface area contributed by atoms with Crippen LogP contribution in [0, 0.1) is 5.92 Å². The predicted molar refractivity (Wildman–Crippen MR) is 93.2 cm³/mol. The number of benzene rings is 1. The van der Waals surface area contributed by atoms with E-state index in [1.807, 2.05) is 13.8 Å². The van der Waals surface area contributed by atoms with Crippen LogP contribution in [0.5, 0.6) is 0 Å². The van der Waals surface area contributed by atoms with Gasteiger partial charge in [-0.05, 0) is 63.2 Å². The number of carbonyl (C=O) groups excluding carboxylic acids is 1. The zero-order valence-corrected chi connectivity index (χ0v) is 14.6. The molecule has 2 rings (SSSR count). The first-order valence-electron chi connectivity index (χ1n) is 8.79. The van der Waals surface area contributed by atoms with Crippen LogP contribution in [0.15, 0.2) is 24.3 Å². The molecule has 0 saturated carbocycles. The minimum atomic E-state index is -0.119. The van der Waals surface area contributed by atoms with Gasteiger partial charge in [-0.15, -0.1) is 0 Å². The smallest absolute Gasteiger partial charge is 0.237 e. The van der Waals surface area contributed by atoms with Gasteiger partial charge in [0.05, 0.1) is 12.1 Å². The fraction of sp³-hybridized carbons (Fsp3) is 0.632. The third-order valence-corrected chi connectivity index (χ3v) is 5.08. The highest BCUT2D eigenvalue weighted by Crippen LogP contribution is 2.19. The van der Waals surface area contributed by atoms with Crippen LogP contribution in [0.25, 0.3) is 0 Å². The molecule has 1 amide bonds. The second kappa shape index (κ2) is 8.46. The Morgan fingerprint density at radius 1 is 1.26 bits per heavy atom. The van der Waals surface area contributed by atoms with Crippen molar-refractivity contribution in [1.29, 1.82) is 0 Å². The highest BCUT2D eigenvalue weighted by atomic mass is 16.3. The van der Waals surface area contributed by atoms with Crippen molar-refractivity contribution >= 4 is 5.91 Å². The SMILES string of the molecule is CCc1ccc(C(C)NC(=O)C(C)N2CCC(CO)CC2)cc1. The molecule has 2 N–H and O–H groups in total. The second-order valence-corrected chi connectivity index (χ2v) is 6.66. The maximum absolute atomic E-state index is 12.5. The fourth-order valence-corrected chi connectivity index (χ4v) is 3.15. The second-order valence-electron chi connectivity index (χ2n) is 6.66. The maximum Gasteiger partial charge on any atom is 0.237 e. The Kier molecular flexibility index (Phi) is 6.60. The summed E-state index contributed by atoms with van der Waals surface area (Å²) < 4.78 is 0. The van der Waals surface area contributed by atoms with Gasteiger partial charge in [0.2, 0.25) is 5.91 Å². The summed E-state index contributed by atoms with van der Waals surface area (Å²) in [4.78, 5) is 14.7. The van der Waals surface area contributed by atoms with Crippen LogP contribution < -0.4 is 5.32 Å². The van der Waals surface area contributed by atoms with Crippen LogP contribution in [0.3, 0.4) is 0 Å². The molecule has 1 heterocycles. The van der Waals surface area contributed by atoms with Crippen LogP contribution in [-0.2, 0) is 11.2 Å². The van der Waals surface area contributed by atoms with Crippen LogP contribution in [0.2, 0.25) is 0 Å². The molecule has 4 nitrogen and oxygen atoms in total. The Balaban J connectivity index is 1.87. The predicted octanol–water partition coefficient (Wildman–Crippen LogP) is 2.52. The minimum absolute atomic E-state index is 0.0193. The number of aryl methyl sites for hydroxylation is 1. The van der Waals surface area contributed by atoms with E-state index in [1.165, 1.54) is 5.56 Å². The number of nitrogens with one attached hydrogen (secondary N) is 1. The van der Waals surface area contributed by atoms with Crippen molar-refractivity contribution in [2.45, 2.75) is 52.1 Å². The molecule has 128 valence electrons. The summed E-state index contributed by atoms with van der Waals surface area (Å²) in [5.41, 5.74) is 2.45. The van der Waals surface area contributed by atoms with Crippen molar-refractivity contribution in [3.8, 4) is 0 Å². The van der Waals surface area contributed by atoms with E-state index in [4.69, 9.17) is 0 Å². The number of piperidine rings is 1. The summed E-state index contributed by atoms with van der Waals surface area (Å²) >= 11 is 0. The zero-order chi connectivity index (χ0) is 16.8. The molecule has 2 unspecified atom stereocenters. The molecule has 0 radical (unpaired) electrons. The van der Waals surface area contributed by atoms with E-state index in [9.17, 15) is 9.90 Å². The van der Waals surface area contributed by atoms with Gasteiger partial charge >= 0.3 is 0 Å². The first-order valence-corrected chi connectivity index (χ1v) is 8.79. The van der Waals surface area contributed by atoms with Crippen LogP contribution in [0.1, 0.15) is 50.8 Å². The minimum Gasteiger partial charge on any atom is -0.396 e. The van der Waals surface area contributed by atoms with Crippen molar-refractivity contribution in [3.63, 3.8) is 0 Å². The molecule has 1 fully saturated rings. The monoisotopic (exact) mass is 318 g/mol. The third kappa shape index (κ3) is 4.79. The molecule has 0 aromatic heterocycles. The van der Waals surface area contributed by atoms with E-state index in [0.717, 1.165) is 37.9 Å². The van der Waals surface area contributed by atoms with E-state index in [2.05, 4.69) is 41.4 Å². The Hall–Kier alpha value is -1.39. The summed E-state index contributed by atoms with van der Waals surface area (Å²) in [6.45, 7) is 8.19. The van der Waals surface area contributed by atoms with Gasteiger partial charge in [0, 0.05) is 6.61 Å². The van der Waals surface area contributed by atoms with Gasteiger partial charge in [-0.1, -0.05) is 31.2 Å². The molecule has 0 bridgehead atoms. The molecule has 0 spiro atoms. The molecule has 1 aliphatic rings. The first kappa shape index (κ1) is 18.0. The summed E-state index contributed by atoms with van der Waals surface area (Å²) in [5.74, 6) is 0.483. The number of nitrogens with zero attached hydrogens (tertiary/aromatic N) is 1. The Morgan fingerprint density at radius 3 is 2.39 bits per heavy atom. The van der Waals surface area contributed by atoms with Crippen molar-refractivity contribution in [2.24, 2.45) is 5.92 Å². The van der Waals surface area contributed by atoms with E-state index in [1.54, 1.807) is 0 Å². The van der Waals surface area contributed by atoms with E-state index >= 15 is 0 Å². The van der Waals surface area contributed by atoms with Crippen LogP contribution >= 0.6 is 0 Å². The molecule has 23 heavy (non-hydrogen) atoms. The Labute approximate surface area is 139 Å². The molecule has 2 atom stereocenters.